The molecule has 5 heteroatoms. The lowest BCUT2D eigenvalue weighted by molar-refractivity contribution is 0.415. The van der Waals surface area contributed by atoms with Crippen LogP contribution in [0.4, 0.5) is 17.3 Å². The van der Waals surface area contributed by atoms with Crippen molar-refractivity contribution in [2.45, 2.75) is 0 Å². The van der Waals surface area contributed by atoms with Crippen LogP contribution in [0, 0.1) is 0 Å². The largest absolute Gasteiger partial charge is 0.497 e. The minimum absolute atomic E-state index is 0.752. The Balaban J connectivity index is 2.20. The minimum atomic E-state index is 0.752. The summed E-state index contributed by atoms with van der Waals surface area (Å²) >= 11 is 0. The van der Waals surface area contributed by atoms with Crippen LogP contribution >= 0.6 is 0 Å². The fraction of sp³-hybridized carbons (Fsp3) is 0.231. The third kappa shape index (κ3) is 2.88. The zero-order valence-electron chi connectivity index (χ0n) is 10.7. The Morgan fingerprint density at radius 1 is 1.17 bits per heavy atom. The standard InChI is InChI=1S/C13H16N4O/c1-17(2)13-8-12(14-9-15-13)16-10-5-4-6-11(7-10)18-3/h4-9H,1-3H3,(H,14,15,16). The van der Waals surface area contributed by atoms with Gasteiger partial charge in [-0.05, 0) is 12.1 Å². The summed E-state index contributed by atoms with van der Waals surface area (Å²) in [5.41, 5.74) is 0.928. The second kappa shape index (κ2) is 5.35. The van der Waals surface area contributed by atoms with Gasteiger partial charge in [0, 0.05) is 31.9 Å². The van der Waals surface area contributed by atoms with Gasteiger partial charge < -0.3 is 15.0 Å². The van der Waals surface area contributed by atoms with E-state index >= 15 is 0 Å². The van der Waals surface area contributed by atoms with Gasteiger partial charge in [0.2, 0.25) is 0 Å². The molecule has 0 aliphatic rings. The van der Waals surface area contributed by atoms with Crippen molar-refractivity contribution < 1.29 is 4.74 Å². The molecule has 5 nitrogen and oxygen atoms in total. The number of ether oxygens (including phenoxy) is 1. The number of hydrogen-bond donors (Lipinski definition) is 1. The number of benzene rings is 1. The maximum atomic E-state index is 5.17. The van der Waals surface area contributed by atoms with Crippen LogP contribution in [0.25, 0.3) is 0 Å². The number of rotatable bonds is 4. The SMILES string of the molecule is COc1cccc(Nc2cc(N(C)C)ncn2)c1. The average molecular weight is 244 g/mol. The molecule has 18 heavy (non-hydrogen) atoms. The van der Waals surface area contributed by atoms with E-state index in [1.54, 1.807) is 7.11 Å². The van der Waals surface area contributed by atoms with Crippen molar-refractivity contribution in [3.05, 3.63) is 36.7 Å². The molecule has 2 rings (SSSR count). The van der Waals surface area contributed by atoms with Crippen LogP contribution in [-0.4, -0.2) is 31.2 Å². The Labute approximate surface area is 106 Å². The van der Waals surface area contributed by atoms with E-state index in [-0.39, 0.29) is 0 Å². The summed E-state index contributed by atoms with van der Waals surface area (Å²) in [6.45, 7) is 0. The Morgan fingerprint density at radius 2 is 2.00 bits per heavy atom. The van der Waals surface area contributed by atoms with Crippen LogP contribution in [0.1, 0.15) is 0 Å². The van der Waals surface area contributed by atoms with Crippen LogP contribution in [0.2, 0.25) is 0 Å². The Hall–Kier alpha value is -2.30. The first-order chi connectivity index (χ1) is 8.69. The molecule has 0 saturated heterocycles. The Kier molecular flexibility index (Phi) is 3.62. The molecule has 0 fully saturated rings. The molecule has 0 aliphatic heterocycles. The van der Waals surface area contributed by atoms with Gasteiger partial charge in [0.25, 0.3) is 0 Å². The van der Waals surface area contributed by atoms with Crippen LogP contribution in [0.15, 0.2) is 36.7 Å². The third-order valence-electron chi connectivity index (χ3n) is 2.45. The summed E-state index contributed by atoms with van der Waals surface area (Å²) in [5.74, 6) is 2.42. The zero-order valence-corrected chi connectivity index (χ0v) is 10.7. The molecule has 0 bridgehead atoms. The molecule has 0 aliphatic carbocycles. The van der Waals surface area contributed by atoms with E-state index in [0.717, 1.165) is 23.1 Å². The molecule has 1 N–H and O–H groups in total. The van der Waals surface area contributed by atoms with Crippen molar-refractivity contribution >= 4 is 17.3 Å². The molecule has 2 aromatic rings. The van der Waals surface area contributed by atoms with Gasteiger partial charge >= 0.3 is 0 Å². The van der Waals surface area contributed by atoms with Crippen LogP contribution in [0.3, 0.4) is 0 Å². The quantitative estimate of drug-likeness (QED) is 0.894. The van der Waals surface area contributed by atoms with E-state index in [1.807, 2.05) is 49.3 Å². The minimum Gasteiger partial charge on any atom is -0.497 e. The topological polar surface area (TPSA) is 50.3 Å². The van der Waals surface area contributed by atoms with Crippen molar-refractivity contribution in [2.24, 2.45) is 0 Å². The summed E-state index contributed by atoms with van der Waals surface area (Å²) in [6, 6.07) is 9.59. The van der Waals surface area contributed by atoms with E-state index in [2.05, 4.69) is 15.3 Å². The van der Waals surface area contributed by atoms with Gasteiger partial charge in [-0.3, -0.25) is 0 Å². The number of nitrogens with one attached hydrogen (secondary N) is 1. The monoisotopic (exact) mass is 244 g/mol. The highest BCUT2D eigenvalue weighted by atomic mass is 16.5. The molecular formula is C13H16N4O. The van der Waals surface area contributed by atoms with Gasteiger partial charge in [-0.1, -0.05) is 6.07 Å². The third-order valence-corrected chi connectivity index (χ3v) is 2.45. The highest BCUT2D eigenvalue weighted by Gasteiger charge is 2.01. The first-order valence-electron chi connectivity index (χ1n) is 5.59. The van der Waals surface area contributed by atoms with Crippen molar-refractivity contribution in [2.75, 3.05) is 31.4 Å². The van der Waals surface area contributed by atoms with Crippen LogP contribution in [-0.2, 0) is 0 Å². The fourth-order valence-corrected chi connectivity index (χ4v) is 1.51. The molecule has 94 valence electrons. The number of hydrogen-bond acceptors (Lipinski definition) is 5. The molecule has 0 saturated carbocycles. The first-order valence-corrected chi connectivity index (χ1v) is 5.59. The van der Waals surface area contributed by atoms with Crippen molar-refractivity contribution in [1.29, 1.82) is 0 Å². The zero-order chi connectivity index (χ0) is 13.0. The lowest BCUT2D eigenvalue weighted by Gasteiger charge is -2.12. The van der Waals surface area contributed by atoms with E-state index in [1.165, 1.54) is 6.33 Å². The maximum absolute atomic E-state index is 5.17. The maximum Gasteiger partial charge on any atom is 0.135 e. The normalized spacial score (nSPS) is 9.94. The lowest BCUT2D eigenvalue weighted by atomic mass is 10.3. The van der Waals surface area contributed by atoms with E-state index in [4.69, 9.17) is 4.74 Å². The van der Waals surface area contributed by atoms with Crippen molar-refractivity contribution in [3.8, 4) is 5.75 Å². The average Bonchev–Trinajstić information content (AvgIpc) is 2.39. The molecule has 0 unspecified atom stereocenters. The number of methoxy groups -OCH3 is 1. The summed E-state index contributed by atoms with van der Waals surface area (Å²) in [4.78, 5) is 10.3. The summed E-state index contributed by atoms with van der Waals surface area (Å²) in [7, 11) is 5.53. The van der Waals surface area contributed by atoms with E-state index < -0.39 is 0 Å². The highest BCUT2D eigenvalue weighted by molar-refractivity contribution is 5.60. The molecule has 1 aromatic carbocycles. The molecule has 0 radical (unpaired) electrons. The van der Waals surface area contributed by atoms with Gasteiger partial charge in [0.1, 0.15) is 23.7 Å². The van der Waals surface area contributed by atoms with E-state index in [0.29, 0.717) is 0 Å². The smallest absolute Gasteiger partial charge is 0.135 e. The van der Waals surface area contributed by atoms with Crippen molar-refractivity contribution in [1.82, 2.24) is 9.97 Å². The summed E-state index contributed by atoms with van der Waals surface area (Å²) in [6.07, 6.45) is 1.54. The summed E-state index contributed by atoms with van der Waals surface area (Å²) in [5, 5.41) is 3.22. The van der Waals surface area contributed by atoms with Gasteiger partial charge in [0.05, 0.1) is 7.11 Å². The van der Waals surface area contributed by atoms with Crippen LogP contribution < -0.4 is 15.0 Å². The second-order valence-corrected chi connectivity index (χ2v) is 4.01. The van der Waals surface area contributed by atoms with Gasteiger partial charge in [0.15, 0.2) is 0 Å². The Morgan fingerprint density at radius 3 is 2.72 bits per heavy atom. The predicted octanol–water partition coefficient (Wildman–Crippen LogP) is 2.29. The predicted molar refractivity (Wildman–Crippen MR) is 72.6 cm³/mol. The van der Waals surface area contributed by atoms with E-state index in [9.17, 15) is 0 Å². The van der Waals surface area contributed by atoms with Crippen LogP contribution in [0.5, 0.6) is 5.75 Å². The molecule has 1 heterocycles. The van der Waals surface area contributed by atoms with Gasteiger partial charge in [-0.25, -0.2) is 9.97 Å². The number of aromatic nitrogens is 2. The van der Waals surface area contributed by atoms with Gasteiger partial charge in [-0.2, -0.15) is 0 Å². The lowest BCUT2D eigenvalue weighted by Crippen LogP contribution is -2.11. The number of anilines is 3. The molecule has 1 aromatic heterocycles. The van der Waals surface area contributed by atoms with Gasteiger partial charge in [-0.15, -0.1) is 0 Å². The summed E-state index contributed by atoms with van der Waals surface area (Å²) < 4.78 is 5.17. The second-order valence-electron chi connectivity index (χ2n) is 4.01. The highest BCUT2D eigenvalue weighted by Crippen LogP contribution is 2.21. The van der Waals surface area contributed by atoms with Crippen molar-refractivity contribution in [3.63, 3.8) is 0 Å². The molecule has 0 spiro atoms. The molecule has 0 amide bonds. The Bertz CT molecular complexity index is 528. The number of nitrogens with zero attached hydrogens (tertiary/aromatic N) is 3. The fourth-order valence-electron chi connectivity index (χ4n) is 1.51. The molecular weight excluding hydrogens is 228 g/mol. The molecule has 0 atom stereocenters. The first kappa shape index (κ1) is 12.2.